The Labute approximate surface area is 166 Å². The molecule has 1 N–H and O–H groups in total. The lowest BCUT2D eigenvalue weighted by Gasteiger charge is -2.07. The molecule has 0 atom stereocenters. The number of anilines is 1. The molecule has 6 nitrogen and oxygen atoms in total. The number of benzene rings is 1. The van der Waals surface area contributed by atoms with Crippen molar-refractivity contribution in [1.82, 2.24) is 0 Å². The van der Waals surface area contributed by atoms with E-state index in [4.69, 9.17) is 9.15 Å². The summed E-state index contributed by atoms with van der Waals surface area (Å²) in [5.41, 5.74) is 1.63. The summed E-state index contributed by atoms with van der Waals surface area (Å²) >= 11 is 1.06. The number of Topliss-reactive ketones (excluding diaryl/α,β-unsaturated/α-hetero) is 1. The van der Waals surface area contributed by atoms with Crippen LogP contribution in [-0.2, 0) is 4.74 Å². The third-order valence-electron chi connectivity index (χ3n) is 4.02. The molecular weight excluding hydrogens is 378 g/mol. The quantitative estimate of drug-likeness (QED) is 0.459. The minimum Gasteiger partial charge on any atom is -0.459 e. The Morgan fingerprint density at radius 1 is 1.07 bits per heavy atom. The highest BCUT2D eigenvalue weighted by atomic mass is 32.1. The van der Waals surface area contributed by atoms with E-state index >= 15 is 0 Å². The maximum absolute atomic E-state index is 12.2. The van der Waals surface area contributed by atoms with Crippen molar-refractivity contribution in [1.29, 1.82) is 0 Å². The Hall–Kier alpha value is -3.19. The van der Waals surface area contributed by atoms with Crippen LogP contribution >= 0.6 is 11.3 Å². The van der Waals surface area contributed by atoms with Crippen LogP contribution in [0.25, 0.3) is 0 Å². The van der Waals surface area contributed by atoms with Gasteiger partial charge in [0.05, 0.1) is 11.3 Å². The molecule has 2 heterocycles. The average Bonchev–Trinajstić information content (AvgIpc) is 3.38. The number of carbonyl (C=O) groups excluding carboxylic acids is 3. The van der Waals surface area contributed by atoms with Crippen LogP contribution in [0.3, 0.4) is 0 Å². The van der Waals surface area contributed by atoms with E-state index in [1.165, 1.54) is 18.4 Å². The molecule has 1 aromatic carbocycles. The molecule has 0 aliphatic rings. The van der Waals surface area contributed by atoms with E-state index in [-0.39, 0.29) is 23.0 Å². The summed E-state index contributed by atoms with van der Waals surface area (Å²) in [5, 5.41) is 3.11. The van der Waals surface area contributed by atoms with Crippen LogP contribution in [0, 0.1) is 0 Å². The fourth-order valence-corrected chi connectivity index (χ4v) is 3.23. The third-order valence-corrected chi connectivity index (χ3v) is 5.00. The fourth-order valence-electron chi connectivity index (χ4n) is 2.44. The van der Waals surface area contributed by atoms with Crippen LogP contribution in [0.1, 0.15) is 55.9 Å². The maximum Gasteiger partial charge on any atom is 0.348 e. The van der Waals surface area contributed by atoms with E-state index in [0.717, 1.165) is 16.9 Å². The molecule has 144 valence electrons. The number of ketones is 1. The number of ether oxygens (including phenoxy) is 1. The molecule has 2 aromatic heterocycles. The highest BCUT2D eigenvalue weighted by Gasteiger charge is 2.16. The van der Waals surface area contributed by atoms with Crippen molar-refractivity contribution < 1.29 is 23.5 Å². The van der Waals surface area contributed by atoms with Crippen molar-refractivity contribution >= 4 is 34.0 Å². The van der Waals surface area contributed by atoms with Gasteiger partial charge >= 0.3 is 5.97 Å². The van der Waals surface area contributed by atoms with Gasteiger partial charge in [0.25, 0.3) is 5.91 Å². The van der Waals surface area contributed by atoms with Crippen molar-refractivity contribution in [2.45, 2.75) is 19.8 Å². The first kappa shape index (κ1) is 19.6. The second-order valence-electron chi connectivity index (χ2n) is 6.37. The van der Waals surface area contributed by atoms with Gasteiger partial charge in [0.1, 0.15) is 4.88 Å². The van der Waals surface area contributed by atoms with Gasteiger partial charge in [-0.05, 0) is 35.7 Å². The molecule has 1 amide bonds. The van der Waals surface area contributed by atoms with E-state index in [2.05, 4.69) is 19.2 Å². The van der Waals surface area contributed by atoms with Gasteiger partial charge in [-0.2, -0.15) is 0 Å². The minimum atomic E-state index is -0.615. The van der Waals surface area contributed by atoms with Crippen LogP contribution in [-0.4, -0.2) is 24.3 Å². The van der Waals surface area contributed by atoms with Crippen molar-refractivity contribution in [3.8, 4) is 0 Å². The molecule has 3 aromatic rings. The van der Waals surface area contributed by atoms with Gasteiger partial charge in [-0.15, -0.1) is 11.3 Å². The highest BCUT2D eigenvalue weighted by molar-refractivity contribution is 7.18. The molecule has 0 aliphatic heterocycles. The molecule has 0 spiro atoms. The van der Waals surface area contributed by atoms with Crippen molar-refractivity contribution in [3.05, 3.63) is 76.6 Å². The van der Waals surface area contributed by atoms with E-state index in [1.54, 1.807) is 24.3 Å². The Bertz CT molecular complexity index is 971. The summed E-state index contributed by atoms with van der Waals surface area (Å²) in [5.74, 6) is -0.746. The van der Waals surface area contributed by atoms with Gasteiger partial charge < -0.3 is 14.5 Å². The zero-order valence-electron chi connectivity index (χ0n) is 15.4. The number of esters is 1. The summed E-state index contributed by atoms with van der Waals surface area (Å²) in [6.45, 7) is 3.81. The fraction of sp³-hybridized carbons (Fsp3) is 0.190. The maximum atomic E-state index is 12.2. The Balaban J connectivity index is 1.54. The van der Waals surface area contributed by atoms with Gasteiger partial charge in [-0.25, -0.2) is 4.79 Å². The number of nitrogens with one attached hydrogen (secondary N) is 1. The van der Waals surface area contributed by atoms with Crippen molar-refractivity contribution in [2.75, 3.05) is 11.9 Å². The van der Waals surface area contributed by atoms with Crippen LogP contribution in [0.15, 0.2) is 59.2 Å². The SMILES string of the molecule is CC(C)c1ccc(C(=O)COC(=O)c2ccc(NC(=O)c3ccco3)s2)cc1. The van der Waals surface area contributed by atoms with Crippen LogP contribution in [0.5, 0.6) is 0 Å². The van der Waals surface area contributed by atoms with Crippen LogP contribution < -0.4 is 5.32 Å². The molecule has 0 unspecified atom stereocenters. The number of rotatable bonds is 7. The van der Waals surface area contributed by atoms with E-state index in [1.807, 2.05) is 12.1 Å². The number of hydrogen-bond acceptors (Lipinski definition) is 6. The lowest BCUT2D eigenvalue weighted by atomic mass is 10.0. The summed E-state index contributed by atoms with van der Waals surface area (Å²) < 4.78 is 10.1. The van der Waals surface area contributed by atoms with Gasteiger partial charge in [-0.1, -0.05) is 38.1 Å². The molecular formula is C21H19NO5S. The third kappa shape index (κ3) is 4.75. The first-order chi connectivity index (χ1) is 13.4. The van der Waals surface area contributed by atoms with E-state index < -0.39 is 11.9 Å². The van der Waals surface area contributed by atoms with Gasteiger partial charge in [0.15, 0.2) is 18.2 Å². The predicted molar refractivity (Wildman–Crippen MR) is 106 cm³/mol. The molecule has 0 saturated heterocycles. The molecule has 0 aliphatic carbocycles. The van der Waals surface area contributed by atoms with Gasteiger partial charge in [-0.3, -0.25) is 9.59 Å². The van der Waals surface area contributed by atoms with Gasteiger partial charge in [0.2, 0.25) is 0 Å². The number of hydrogen-bond donors (Lipinski definition) is 1. The topological polar surface area (TPSA) is 85.6 Å². The Morgan fingerprint density at radius 3 is 2.46 bits per heavy atom. The molecule has 0 fully saturated rings. The number of furan rings is 1. The lowest BCUT2D eigenvalue weighted by Crippen LogP contribution is -2.13. The second kappa shape index (κ2) is 8.67. The molecule has 0 radical (unpaired) electrons. The first-order valence-electron chi connectivity index (χ1n) is 8.69. The van der Waals surface area contributed by atoms with E-state index in [9.17, 15) is 14.4 Å². The standard InChI is InChI=1S/C21H19NO5S/c1-13(2)14-5-7-15(8-6-14)16(23)12-27-21(25)18-9-10-19(28-18)22-20(24)17-4-3-11-26-17/h3-11,13H,12H2,1-2H3,(H,22,24). The molecule has 0 bridgehead atoms. The Morgan fingerprint density at radius 2 is 1.82 bits per heavy atom. The van der Waals surface area contributed by atoms with Crippen LogP contribution in [0.2, 0.25) is 0 Å². The van der Waals surface area contributed by atoms with Gasteiger partial charge in [0, 0.05) is 5.56 Å². The smallest absolute Gasteiger partial charge is 0.348 e. The first-order valence-corrected chi connectivity index (χ1v) is 9.50. The minimum absolute atomic E-state index is 0.173. The van der Waals surface area contributed by atoms with Crippen LogP contribution in [0.4, 0.5) is 5.00 Å². The normalized spacial score (nSPS) is 10.7. The number of carbonyl (C=O) groups is 3. The van der Waals surface area contributed by atoms with Crippen molar-refractivity contribution in [2.24, 2.45) is 0 Å². The van der Waals surface area contributed by atoms with E-state index in [0.29, 0.717) is 16.5 Å². The zero-order chi connectivity index (χ0) is 20.1. The molecule has 0 saturated carbocycles. The predicted octanol–water partition coefficient (Wildman–Crippen LogP) is 4.76. The molecule has 7 heteroatoms. The monoisotopic (exact) mass is 397 g/mol. The summed E-state index contributed by atoms with van der Waals surface area (Å²) in [6.07, 6.45) is 1.40. The average molecular weight is 397 g/mol. The summed E-state index contributed by atoms with van der Waals surface area (Å²) in [7, 11) is 0. The van der Waals surface area contributed by atoms with Crippen molar-refractivity contribution in [3.63, 3.8) is 0 Å². The number of thiophene rings is 1. The summed E-state index contributed by atoms with van der Waals surface area (Å²) in [6, 6.07) is 13.5. The largest absolute Gasteiger partial charge is 0.459 e. The Kier molecular flexibility index (Phi) is 6.06. The zero-order valence-corrected chi connectivity index (χ0v) is 16.2. The number of amides is 1. The molecule has 28 heavy (non-hydrogen) atoms. The lowest BCUT2D eigenvalue weighted by molar-refractivity contribution is 0.0479. The highest BCUT2D eigenvalue weighted by Crippen LogP contribution is 2.23. The molecule has 3 rings (SSSR count). The summed E-state index contributed by atoms with van der Waals surface area (Å²) in [4.78, 5) is 36.6. The second-order valence-corrected chi connectivity index (χ2v) is 7.46.